The topological polar surface area (TPSA) is 71.7 Å². The summed E-state index contributed by atoms with van der Waals surface area (Å²) >= 11 is 12.4. The zero-order valence-corrected chi connectivity index (χ0v) is 15.8. The van der Waals surface area contributed by atoms with Crippen LogP contribution in [-0.4, -0.2) is 26.2 Å². The minimum absolute atomic E-state index is 0.188. The van der Waals surface area contributed by atoms with Crippen molar-refractivity contribution < 1.29 is 14.7 Å². The van der Waals surface area contributed by atoms with E-state index >= 15 is 0 Å². The van der Waals surface area contributed by atoms with Gasteiger partial charge in [0, 0.05) is 11.8 Å². The summed E-state index contributed by atoms with van der Waals surface area (Å²) in [5.74, 6) is -1.33. The molecule has 138 valence electrons. The molecule has 7 heteroatoms. The number of carboxylic acids is 1. The molecule has 2 heterocycles. The highest BCUT2D eigenvalue weighted by atomic mass is 35.5. The number of aromatic carboxylic acids is 1. The second kappa shape index (κ2) is 7.11. The number of fused-ring (bicyclic) bond motifs is 1. The summed E-state index contributed by atoms with van der Waals surface area (Å²) in [4.78, 5) is 28.4. The molecule has 0 spiro atoms. The number of aromatic nitrogens is 2. The number of hydrogen-bond acceptors (Lipinski definition) is 3. The van der Waals surface area contributed by atoms with Gasteiger partial charge in [-0.1, -0.05) is 41.4 Å². The van der Waals surface area contributed by atoms with E-state index in [9.17, 15) is 9.59 Å². The van der Waals surface area contributed by atoms with Crippen LogP contribution in [0.5, 0.6) is 0 Å². The van der Waals surface area contributed by atoms with Gasteiger partial charge in [0.15, 0.2) is 0 Å². The molecule has 28 heavy (non-hydrogen) atoms. The largest absolute Gasteiger partial charge is 0.478 e. The number of rotatable bonds is 4. The standard InChI is InChI=1S/C21H12Cl2N2O3/c22-15-2-1-3-16(23)19(15)20(26)18-10-14(17-8-9-24-11-25(17)18)12-4-6-13(7-5-12)21(27)28/h1-11H,(H,27,28). The van der Waals surface area contributed by atoms with Crippen LogP contribution in [0.15, 0.2) is 67.1 Å². The maximum atomic E-state index is 13.2. The summed E-state index contributed by atoms with van der Waals surface area (Å²) in [5, 5.41) is 9.63. The van der Waals surface area contributed by atoms with Gasteiger partial charge in [-0.25, -0.2) is 9.78 Å². The van der Waals surface area contributed by atoms with E-state index in [4.69, 9.17) is 28.3 Å². The molecule has 0 aliphatic carbocycles. The van der Waals surface area contributed by atoms with Crippen LogP contribution in [0, 0.1) is 0 Å². The first kappa shape index (κ1) is 18.2. The molecule has 0 atom stereocenters. The molecule has 4 aromatic rings. The number of carboxylic acid groups (broad SMARTS) is 1. The number of ketones is 1. The molecular weight excluding hydrogens is 399 g/mol. The molecule has 2 aromatic carbocycles. The van der Waals surface area contributed by atoms with Crippen molar-refractivity contribution in [3.63, 3.8) is 0 Å². The summed E-state index contributed by atoms with van der Waals surface area (Å²) < 4.78 is 1.67. The van der Waals surface area contributed by atoms with Crippen LogP contribution in [0.4, 0.5) is 0 Å². The molecule has 5 nitrogen and oxygen atoms in total. The van der Waals surface area contributed by atoms with Gasteiger partial charge in [-0.2, -0.15) is 0 Å². The average molecular weight is 411 g/mol. The Morgan fingerprint density at radius 2 is 1.64 bits per heavy atom. The molecule has 4 rings (SSSR count). The lowest BCUT2D eigenvalue weighted by molar-refractivity contribution is 0.0696. The van der Waals surface area contributed by atoms with Gasteiger partial charge < -0.3 is 5.11 Å². The lowest BCUT2D eigenvalue weighted by atomic mass is 10.0. The van der Waals surface area contributed by atoms with Crippen molar-refractivity contribution >= 4 is 40.5 Å². The van der Waals surface area contributed by atoms with Gasteiger partial charge in [0.25, 0.3) is 0 Å². The highest BCUT2D eigenvalue weighted by Gasteiger charge is 2.22. The average Bonchev–Trinajstić information content (AvgIpc) is 3.07. The number of nitrogens with zero attached hydrogens (tertiary/aromatic N) is 2. The summed E-state index contributed by atoms with van der Waals surface area (Å²) in [5.41, 5.74) is 3.07. The molecule has 1 N–H and O–H groups in total. The Hall–Kier alpha value is -3.15. The monoisotopic (exact) mass is 410 g/mol. The molecule has 0 radical (unpaired) electrons. The van der Waals surface area contributed by atoms with Gasteiger partial charge in [-0.05, 0) is 42.0 Å². The molecule has 2 aromatic heterocycles. The van der Waals surface area contributed by atoms with Crippen molar-refractivity contribution in [2.75, 3.05) is 0 Å². The number of halogens is 2. The summed E-state index contributed by atoms with van der Waals surface area (Å²) in [7, 11) is 0. The Morgan fingerprint density at radius 1 is 0.964 bits per heavy atom. The molecular formula is C21H12Cl2N2O3. The quantitative estimate of drug-likeness (QED) is 0.467. The van der Waals surface area contributed by atoms with Crippen molar-refractivity contribution in [1.82, 2.24) is 9.38 Å². The molecule has 0 aliphatic heterocycles. The van der Waals surface area contributed by atoms with Crippen LogP contribution in [0.25, 0.3) is 16.6 Å². The number of carbonyl (C=O) groups is 2. The molecule has 0 unspecified atom stereocenters. The minimum atomic E-state index is -0.998. The highest BCUT2D eigenvalue weighted by Crippen LogP contribution is 2.32. The van der Waals surface area contributed by atoms with Crippen LogP contribution in [0.3, 0.4) is 0 Å². The maximum Gasteiger partial charge on any atom is 0.335 e. The Balaban J connectivity index is 1.90. The first-order valence-corrected chi connectivity index (χ1v) is 9.00. The molecule has 0 saturated carbocycles. The van der Waals surface area contributed by atoms with Crippen LogP contribution in [0.1, 0.15) is 26.4 Å². The lowest BCUT2D eigenvalue weighted by Gasteiger charge is -2.06. The second-order valence-corrected chi connectivity index (χ2v) is 6.90. The smallest absolute Gasteiger partial charge is 0.335 e. The Labute approximate surface area is 169 Å². The van der Waals surface area contributed by atoms with Gasteiger partial charge >= 0.3 is 5.97 Å². The van der Waals surface area contributed by atoms with E-state index in [0.29, 0.717) is 5.69 Å². The fraction of sp³-hybridized carbons (Fsp3) is 0. The third kappa shape index (κ3) is 3.05. The summed E-state index contributed by atoms with van der Waals surface area (Å²) in [6, 6.07) is 14.9. The van der Waals surface area contributed by atoms with Gasteiger partial charge in [-0.15, -0.1) is 0 Å². The molecule has 0 bridgehead atoms. The van der Waals surface area contributed by atoms with Gasteiger partial charge in [0.1, 0.15) is 0 Å². The van der Waals surface area contributed by atoms with Crippen LogP contribution >= 0.6 is 23.2 Å². The van der Waals surface area contributed by atoms with Crippen LogP contribution in [-0.2, 0) is 0 Å². The van der Waals surface area contributed by atoms with E-state index in [-0.39, 0.29) is 27.0 Å². The maximum absolute atomic E-state index is 13.2. The highest BCUT2D eigenvalue weighted by molar-refractivity contribution is 6.41. The fourth-order valence-corrected chi connectivity index (χ4v) is 3.66. The predicted molar refractivity (Wildman–Crippen MR) is 107 cm³/mol. The first-order chi connectivity index (χ1) is 13.5. The van der Waals surface area contributed by atoms with E-state index in [1.165, 1.54) is 12.1 Å². The van der Waals surface area contributed by atoms with E-state index in [0.717, 1.165) is 16.6 Å². The van der Waals surface area contributed by atoms with Gasteiger partial charge in [0.2, 0.25) is 5.78 Å². The number of hydrogen-bond donors (Lipinski definition) is 1. The van der Waals surface area contributed by atoms with Crippen molar-refractivity contribution in [2.24, 2.45) is 0 Å². The van der Waals surface area contributed by atoms with Crippen molar-refractivity contribution in [3.05, 3.63) is 94.0 Å². The van der Waals surface area contributed by atoms with E-state index < -0.39 is 5.97 Å². The zero-order valence-electron chi connectivity index (χ0n) is 14.3. The van der Waals surface area contributed by atoms with Gasteiger partial charge in [-0.3, -0.25) is 9.20 Å². The second-order valence-electron chi connectivity index (χ2n) is 6.09. The van der Waals surface area contributed by atoms with Gasteiger partial charge in [0.05, 0.1) is 38.7 Å². The first-order valence-electron chi connectivity index (χ1n) is 8.25. The van der Waals surface area contributed by atoms with Crippen LogP contribution < -0.4 is 0 Å². The zero-order chi connectivity index (χ0) is 19.8. The van der Waals surface area contributed by atoms with E-state index in [1.54, 1.807) is 59.4 Å². The van der Waals surface area contributed by atoms with Crippen LogP contribution in [0.2, 0.25) is 10.0 Å². The predicted octanol–water partition coefficient (Wildman–Crippen LogP) is 5.24. The number of benzene rings is 2. The normalized spacial score (nSPS) is 10.9. The van der Waals surface area contributed by atoms with E-state index in [1.807, 2.05) is 0 Å². The Morgan fingerprint density at radius 3 is 2.29 bits per heavy atom. The minimum Gasteiger partial charge on any atom is -0.478 e. The summed E-state index contributed by atoms with van der Waals surface area (Å²) in [6.45, 7) is 0. The van der Waals surface area contributed by atoms with Crippen molar-refractivity contribution in [2.45, 2.75) is 0 Å². The molecule has 0 aliphatic rings. The molecule has 0 amide bonds. The Bertz CT molecular complexity index is 1210. The van der Waals surface area contributed by atoms with E-state index in [2.05, 4.69) is 4.98 Å². The van der Waals surface area contributed by atoms with Crippen molar-refractivity contribution in [3.8, 4) is 11.1 Å². The SMILES string of the molecule is O=C(O)c1ccc(-c2cc(C(=O)c3c(Cl)cccc3Cl)n3cnccc23)cc1. The summed E-state index contributed by atoms with van der Waals surface area (Å²) in [6.07, 6.45) is 3.17. The Kier molecular flexibility index (Phi) is 4.63. The van der Waals surface area contributed by atoms with Crippen molar-refractivity contribution in [1.29, 1.82) is 0 Å². The number of carbonyl (C=O) groups excluding carboxylic acids is 1. The third-order valence-corrected chi connectivity index (χ3v) is 5.07. The fourth-order valence-electron chi connectivity index (χ4n) is 3.09. The molecule has 0 saturated heterocycles. The lowest BCUT2D eigenvalue weighted by Crippen LogP contribution is -2.07. The molecule has 0 fully saturated rings. The third-order valence-electron chi connectivity index (χ3n) is 4.44.